The minimum absolute atomic E-state index is 0.529. The van der Waals surface area contributed by atoms with Crippen LogP contribution in [0.25, 0.3) is 0 Å². The third-order valence-corrected chi connectivity index (χ3v) is 1.47. The molecule has 0 bridgehead atoms. The standard InChI is InChI=1S/C9H13NO2/c1-7(11)10-8-3-5-9(12-2)6-4-8/h3-7,10-11H,1-2H3. The van der Waals surface area contributed by atoms with E-state index in [2.05, 4.69) is 5.32 Å². The molecule has 0 heterocycles. The van der Waals surface area contributed by atoms with Crippen molar-refractivity contribution in [1.82, 2.24) is 0 Å². The molecule has 0 spiro atoms. The summed E-state index contributed by atoms with van der Waals surface area (Å²) in [5, 5.41) is 11.8. The van der Waals surface area contributed by atoms with E-state index in [-0.39, 0.29) is 0 Å². The van der Waals surface area contributed by atoms with E-state index in [0.29, 0.717) is 0 Å². The Kier molecular flexibility index (Phi) is 2.94. The molecule has 1 unspecified atom stereocenters. The first kappa shape index (κ1) is 8.87. The van der Waals surface area contributed by atoms with Crippen LogP contribution in [-0.2, 0) is 0 Å². The topological polar surface area (TPSA) is 41.5 Å². The number of ether oxygens (including phenoxy) is 1. The molecule has 2 N–H and O–H groups in total. The number of benzene rings is 1. The van der Waals surface area contributed by atoms with Crippen LogP contribution in [0.15, 0.2) is 24.3 Å². The molecule has 1 atom stereocenters. The van der Waals surface area contributed by atoms with Gasteiger partial charge in [0.1, 0.15) is 12.0 Å². The van der Waals surface area contributed by atoms with E-state index in [4.69, 9.17) is 9.84 Å². The SMILES string of the molecule is COc1ccc(NC(C)O)cc1. The van der Waals surface area contributed by atoms with Crippen molar-refractivity contribution in [2.45, 2.75) is 13.2 Å². The van der Waals surface area contributed by atoms with Gasteiger partial charge in [-0.1, -0.05) is 0 Å². The maximum Gasteiger partial charge on any atom is 0.121 e. The van der Waals surface area contributed by atoms with Gasteiger partial charge in [0.25, 0.3) is 0 Å². The number of hydrogen-bond acceptors (Lipinski definition) is 3. The number of nitrogens with one attached hydrogen (secondary N) is 1. The molecule has 0 aliphatic rings. The number of rotatable bonds is 3. The third-order valence-electron chi connectivity index (χ3n) is 1.47. The van der Waals surface area contributed by atoms with E-state index in [1.54, 1.807) is 14.0 Å². The van der Waals surface area contributed by atoms with E-state index >= 15 is 0 Å². The summed E-state index contributed by atoms with van der Waals surface area (Å²) >= 11 is 0. The summed E-state index contributed by atoms with van der Waals surface area (Å²) < 4.78 is 4.98. The van der Waals surface area contributed by atoms with Crippen molar-refractivity contribution in [3.8, 4) is 5.75 Å². The molecule has 66 valence electrons. The summed E-state index contributed by atoms with van der Waals surface area (Å²) in [6, 6.07) is 7.38. The molecular formula is C9H13NO2. The van der Waals surface area contributed by atoms with Crippen LogP contribution in [0.4, 0.5) is 5.69 Å². The summed E-state index contributed by atoms with van der Waals surface area (Å²) in [7, 11) is 1.62. The third kappa shape index (κ3) is 2.43. The Hall–Kier alpha value is -1.22. The van der Waals surface area contributed by atoms with Gasteiger partial charge in [-0.15, -0.1) is 0 Å². The van der Waals surface area contributed by atoms with Crippen LogP contribution < -0.4 is 10.1 Å². The van der Waals surface area contributed by atoms with Gasteiger partial charge in [0.15, 0.2) is 0 Å². The van der Waals surface area contributed by atoms with Gasteiger partial charge in [-0.3, -0.25) is 0 Å². The Morgan fingerprint density at radius 3 is 2.33 bits per heavy atom. The summed E-state index contributed by atoms with van der Waals surface area (Å²) in [5.74, 6) is 0.811. The molecule has 3 heteroatoms. The normalized spacial score (nSPS) is 12.2. The molecule has 1 aromatic rings. The molecule has 0 saturated carbocycles. The fourth-order valence-corrected chi connectivity index (χ4v) is 0.928. The highest BCUT2D eigenvalue weighted by atomic mass is 16.5. The number of aliphatic hydroxyl groups is 1. The highest BCUT2D eigenvalue weighted by Gasteiger charge is 1.95. The Balaban J connectivity index is 2.65. The van der Waals surface area contributed by atoms with E-state index < -0.39 is 6.23 Å². The summed E-state index contributed by atoms with van der Waals surface area (Å²) in [5.41, 5.74) is 0.880. The monoisotopic (exact) mass is 167 g/mol. The quantitative estimate of drug-likeness (QED) is 0.669. The van der Waals surface area contributed by atoms with Crippen molar-refractivity contribution in [1.29, 1.82) is 0 Å². The van der Waals surface area contributed by atoms with Gasteiger partial charge in [0.2, 0.25) is 0 Å². The molecule has 3 nitrogen and oxygen atoms in total. The maximum atomic E-state index is 8.99. The largest absolute Gasteiger partial charge is 0.497 e. The van der Waals surface area contributed by atoms with Crippen LogP contribution in [0.1, 0.15) is 6.92 Å². The average Bonchev–Trinajstić information content (AvgIpc) is 2.05. The second-order valence-corrected chi connectivity index (χ2v) is 2.55. The number of anilines is 1. The molecule has 0 amide bonds. The average molecular weight is 167 g/mol. The molecule has 0 aliphatic carbocycles. The Morgan fingerprint density at radius 1 is 1.33 bits per heavy atom. The second kappa shape index (κ2) is 3.97. The van der Waals surface area contributed by atoms with Crippen LogP contribution in [0.5, 0.6) is 5.75 Å². The fourth-order valence-electron chi connectivity index (χ4n) is 0.928. The predicted molar refractivity (Wildman–Crippen MR) is 48.3 cm³/mol. The molecule has 1 rings (SSSR count). The van der Waals surface area contributed by atoms with Gasteiger partial charge < -0.3 is 15.2 Å². The molecule has 0 saturated heterocycles. The first-order valence-electron chi connectivity index (χ1n) is 3.81. The van der Waals surface area contributed by atoms with Gasteiger partial charge >= 0.3 is 0 Å². The van der Waals surface area contributed by atoms with E-state index in [1.165, 1.54) is 0 Å². The van der Waals surface area contributed by atoms with Crippen LogP contribution in [0.3, 0.4) is 0 Å². The Morgan fingerprint density at radius 2 is 1.92 bits per heavy atom. The molecule has 1 aromatic carbocycles. The molecular weight excluding hydrogens is 154 g/mol. The van der Waals surface area contributed by atoms with E-state index in [9.17, 15) is 0 Å². The van der Waals surface area contributed by atoms with E-state index in [1.807, 2.05) is 24.3 Å². The number of aliphatic hydroxyl groups excluding tert-OH is 1. The van der Waals surface area contributed by atoms with Crippen LogP contribution in [-0.4, -0.2) is 18.4 Å². The van der Waals surface area contributed by atoms with E-state index in [0.717, 1.165) is 11.4 Å². The number of methoxy groups -OCH3 is 1. The second-order valence-electron chi connectivity index (χ2n) is 2.55. The number of hydrogen-bond donors (Lipinski definition) is 2. The lowest BCUT2D eigenvalue weighted by Gasteiger charge is -2.08. The van der Waals surface area contributed by atoms with Crippen molar-refractivity contribution in [3.63, 3.8) is 0 Å². The van der Waals surface area contributed by atoms with Gasteiger partial charge in [-0.05, 0) is 31.2 Å². The maximum absolute atomic E-state index is 8.99. The molecule has 0 aromatic heterocycles. The first-order valence-corrected chi connectivity index (χ1v) is 3.81. The lowest BCUT2D eigenvalue weighted by Crippen LogP contribution is -2.12. The lowest BCUT2D eigenvalue weighted by atomic mass is 10.3. The fraction of sp³-hybridized carbons (Fsp3) is 0.333. The smallest absolute Gasteiger partial charge is 0.121 e. The lowest BCUT2D eigenvalue weighted by molar-refractivity contribution is 0.224. The molecule has 0 fully saturated rings. The van der Waals surface area contributed by atoms with Crippen molar-refractivity contribution < 1.29 is 9.84 Å². The zero-order valence-electron chi connectivity index (χ0n) is 7.24. The molecule has 0 radical (unpaired) electrons. The van der Waals surface area contributed by atoms with Crippen molar-refractivity contribution in [2.75, 3.05) is 12.4 Å². The van der Waals surface area contributed by atoms with Crippen LogP contribution in [0, 0.1) is 0 Å². The highest BCUT2D eigenvalue weighted by Crippen LogP contribution is 2.15. The van der Waals surface area contributed by atoms with Crippen molar-refractivity contribution in [2.24, 2.45) is 0 Å². The molecule has 0 aliphatic heterocycles. The van der Waals surface area contributed by atoms with Crippen molar-refractivity contribution in [3.05, 3.63) is 24.3 Å². The van der Waals surface area contributed by atoms with Gasteiger partial charge in [-0.25, -0.2) is 0 Å². The van der Waals surface area contributed by atoms with Gasteiger partial charge in [0.05, 0.1) is 7.11 Å². The minimum Gasteiger partial charge on any atom is -0.497 e. The highest BCUT2D eigenvalue weighted by molar-refractivity contribution is 5.46. The summed E-state index contributed by atoms with van der Waals surface area (Å²) in [4.78, 5) is 0. The van der Waals surface area contributed by atoms with Gasteiger partial charge in [0, 0.05) is 5.69 Å². The Bertz CT molecular complexity index is 231. The summed E-state index contributed by atoms with van der Waals surface area (Å²) in [6.45, 7) is 1.67. The van der Waals surface area contributed by atoms with Crippen LogP contribution >= 0.6 is 0 Å². The zero-order valence-corrected chi connectivity index (χ0v) is 7.24. The minimum atomic E-state index is -0.529. The van der Waals surface area contributed by atoms with Crippen molar-refractivity contribution >= 4 is 5.69 Å². The summed E-state index contributed by atoms with van der Waals surface area (Å²) in [6.07, 6.45) is -0.529. The predicted octanol–water partition coefficient (Wildman–Crippen LogP) is 1.45. The zero-order chi connectivity index (χ0) is 8.97. The van der Waals surface area contributed by atoms with Crippen LogP contribution in [0.2, 0.25) is 0 Å². The Labute approximate surface area is 72.0 Å². The first-order chi connectivity index (χ1) is 5.72. The molecule has 12 heavy (non-hydrogen) atoms. The van der Waals surface area contributed by atoms with Gasteiger partial charge in [-0.2, -0.15) is 0 Å².